The molecule has 4 aromatic rings. The highest BCUT2D eigenvalue weighted by Gasteiger charge is 2.40. The molecule has 0 radical (unpaired) electrons. The number of carbonyl (C=O) groups is 4. The topological polar surface area (TPSA) is 329 Å². The van der Waals surface area contributed by atoms with Crippen LogP contribution in [-0.4, -0.2) is 228 Å². The van der Waals surface area contributed by atoms with E-state index in [1.807, 2.05) is 27.7 Å². The number of morpholine rings is 4. The summed E-state index contributed by atoms with van der Waals surface area (Å²) in [6.45, 7) is 32.4. The maximum atomic E-state index is 12.6. The van der Waals surface area contributed by atoms with Crippen molar-refractivity contribution < 1.29 is 107 Å². The molecule has 0 bridgehead atoms. The number of rotatable bonds is 20. The Morgan fingerprint density at radius 3 is 0.630 bits per heavy atom. The van der Waals surface area contributed by atoms with Gasteiger partial charge in [-0.3, -0.25) is 16.7 Å². The predicted molar refractivity (Wildman–Crippen MR) is 416 cm³/mol. The van der Waals surface area contributed by atoms with Crippen molar-refractivity contribution in [2.24, 2.45) is 0 Å². The molecule has 0 saturated carbocycles. The minimum absolute atomic E-state index is 0.0731. The summed E-state index contributed by atoms with van der Waals surface area (Å²) in [7, 11) is -15.8. The second kappa shape index (κ2) is 41.4. The SMILES string of the molecule is CC[C@@H](OS(=O)(=O)c1ccc(Br)cc1)[C@@H]1CN(C(=O)OC(C)(C)C)CCO1.CC[C@@H](OS(=O)(=O)c1ccc(Br)cc1)[C@H]1CN(C(=O)OC(C)(C)C)CCO1.CC[C@H](OS(=O)(=O)c1ccc(Br)cc1)[C@@H]1CN(C(=O)OC(C)(C)C)CCO1.CC[C@H](OS(=O)(=O)c1ccc(Br)cc1)[C@H]1CN(C(=O)OC(C)(C)C)CCO1. The van der Waals surface area contributed by atoms with Gasteiger partial charge in [0.25, 0.3) is 40.5 Å². The number of ether oxygens (including phenoxy) is 8. The average molecular weight is 1860 g/mol. The lowest BCUT2D eigenvalue weighted by atomic mass is 10.1. The van der Waals surface area contributed by atoms with Crippen LogP contribution in [0.25, 0.3) is 0 Å². The summed E-state index contributed by atoms with van der Waals surface area (Å²) in [5, 5.41) is 0. The van der Waals surface area contributed by atoms with Crippen molar-refractivity contribution in [2.75, 3.05) is 78.8 Å². The van der Waals surface area contributed by atoms with E-state index in [0.29, 0.717) is 78.3 Å². The first-order valence-corrected chi connectivity index (χ1v) is 44.0. The van der Waals surface area contributed by atoms with E-state index in [2.05, 4.69) is 63.7 Å². The van der Waals surface area contributed by atoms with Crippen LogP contribution < -0.4 is 0 Å². The van der Waals surface area contributed by atoms with Gasteiger partial charge >= 0.3 is 24.4 Å². The van der Waals surface area contributed by atoms with Crippen molar-refractivity contribution in [3.05, 3.63) is 115 Å². The summed E-state index contributed by atoms with van der Waals surface area (Å²) >= 11 is 13.1. The normalized spacial score (nSPS) is 19.6. The second-order valence-corrected chi connectivity index (χ2v) is 39.1. The Bertz CT molecular complexity index is 3490. The maximum Gasteiger partial charge on any atom is 0.410 e. The summed E-state index contributed by atoms with van der Waals surface area (Å²) in [6.07, 6.45) is -5.13. The molecule has 4 fully saturated rings. The number of nitrogens with zero attached hydrogens (tertiary/aromatic N) is 4. The van der Waals surface area contributed by atoms with Gasteiger partial charge < -0.3 is 57.5 Å². The second-order valence-electron chi connectivity index (χ2n) is 29.1. The largest absolute Gasteiger partial charge is 0.444 e. The molecule has 0 aliphatic carbocycles. The Morgan fingerprint density at radius 2 is 0.491 bits per heavy atom. The molecule has 608 valence electrons. The van der Waals surface area contributed by atoms with Crippen LogP contribution in [0.2, 0.25) is 0 Å². The summed E-state index contributed by atoms with van der Waals surface area (Å²) in [4.78, 5) is 55.6. The lowest BCUT2D eigenvalue weighted by Crippen LogP contribution is -2.51. The van der Waals surface area contributed by atoms with Gasteiger partial charge in [-0.25, -0.2) is 19.2 Å². The molecule has 28 nitrogen and oxygen atoms in total. The van der Waals surface area contributed by atoms with Crippen LogP contribution in [0, 0.1) is 0 Å². The van der Waals surface area contributed by atoms with Gasteiger partial charge in [0.1, 0.15) is 71.2 Å². The third-order valence-electron chi connectivity index (χ3n) is 15.7. The van der Waals surface area contributed by atoms with E-state index >= 15 is 0 Å². The number of hydrogen-bond donors (Lipinski definition) is 0. The Morgan fingerprint density at radius 1 is 0.333 bits per heavy atom. The number of carbonyl (C=O) groups excluding carboxylic acids is 4. The van der Waals surface area contributed by atoms with E-state index in [-0.39, 0.29) is 45.8 Å². The van der Waals surface area contributed by atoms with E-state index in [0.717, 1.165) is 17.9 Å². The first kappa shape index (κ1) is 94.0. The molecule has 4 aliphatic rings. The van der Waals surface area contributed by atoms with E-state index in [9.17, 15) is 52.8 Å². The number of amides is 4. The van der Waals surface area contributed by atoms with E-state index < -0.39 is 136 Å². The molecule has 0 spiro atoms. The average Bonchev–Trinajstić information content (AvgIpc) is 0.829. The van der Waals surface area contributed by atoms with Crippen LogP contribution in [0.5, 0.6) is 0 Å². The molecular formula is C72H104Br4N4O24S4. The Labute approximate surface area is 671 Å². The fourth-order valence-electron chi connectivity index (χ4n) is 10.4. The van der Waals surface area contributed by atoms with Gasteiger partial charge in [-0.15, -0.1) is 0 Å². The molecule has 4 heterocycles. The van der Waals surface area contributed by atoms with Crippen LogP contribution in [0.4, 0.5) is 19.2 Å². The minimum Gasteiger partial charge on any atom is -0.444 e. The molecule has 0 unspecified atom stereocenters. The summed E-state index contributed by atoms with van der Waals surface area (Å²) < 4.78 is 170. The summed E-state index contributed by atoms with van der Waals surface area (Å²) in [5.41, 5.74) is -2.40. The first-order chi connectivity index (χ1) is 50.1. The quantitative estimate of drug-likeness (QED) is 0.0586. The first-order valence-electron chi connectivity index (χ1n) is 35.2. The van der Waals surface area contributed by atoms with Crippen molar-refractivity contribution in [3.8, 4) is 0 Å². The summed E-state index contributed by atoms with van der Waals surface area (Å²) in [6, 6.07) is 24.9. The molecule has 0 N–H and O–H groups in total. The molecular weight excluding hydrogens is 1750 g/mol. The van der Waals surface area contributed by atoms with Gasteiger partial charge in [-0.1, -0.05) is 91.4 Å². The Hall–Kier alpha value is -4.64. The molecule has 108 heavy (non-hydrogen) atoms. The molecule has 4 saturated heterocycles. The molecule has 4 aliphatic heterocycles. The van der Waals surface area contributed by atoms with E-state index in [1.165, 1.54) is 68.1 Å². The Kier molecular flexibility index (Phi) is 36.0. The van der Waals surface area contributed by atoms with Gasteiger partial charge in [-0.05, 0) is 206 Å². The molecule has 8 atom stereocenters. The van der Waals surface area contributed by atoms with Crippen molar-refractivity contribution in [3.63, 3.8) is 0 Å². The molecule has 4 aromatic carbocycles. The van der Waals surface area contributed by atoms with Crippen LogP contribution >= 0.6 is 63.7 Å². The zero-order chi connectivity index (χ0) is 81.0. The van der Waals surface area contributed by atoms with Crippen LogP contribution in [-0.2, 0) is 95.1 Å². The van der Waals surface area contributed by atoms with Crippen molar-refractivity contribution >= 4 is 129 Å². The number of benzene rings is 4. The van der Waals surface area contributed by atoms with Crippen LogP contribution in [0.15, 0.2) is 135 Å². The van der Waals surface area contributed by atoms with Gasteiger partial charge in [0.2, 0.25) is 0 Å². The number of hydrogen-bond acceptors (Lipinski definition) is 24. The predicted octanol–water partition coefficient (Wildman–Crippen LogP) is 14.3. The third kappa shape index (κ3) is 31.7. The molecule has 0 aromatic heterocycles. The fraction of sp³-hybridized carbons (Fsp3) is 0.611. The summed E-state index contributed by atoms with van der Waals surface area (Å²) in [5.74, 6) is 0. The van der Waals surface area contributed by atoms with Gasteiger partial charge in [0.15, 0.2) is 0 Å². The van der Waals surface area contributed by atoms with Gasteiger partial charge in [0.05, 0.1) is 72.2 Å². The fourth-order valence-corrected chi connectivity index (χ4v) is 16.1. The zero-order valence-electron chi connectivity index (χ0n) is 63.9. The maximum absolute atomic E-state index is 12.6. The van der Waals surface area contributed by atoms with E-state index in [1.54, 1.807) is 132 Å². The third-order valence-corrected chi connectivity index (χ3v) is 23.2. The molecule has 4 amide bonds. The van der Waals surface area contributed by atoms with Gasteiger partial charge in [-0.2, -0.15) is 33.7 Å². The van der Waals surface area contributed by atoms with Crippen LogP contribution in [0.1, 0.15) is 136 Å². The highest BCUT2D eigenvalue weighted by Crippen LogP contribution is 2.30. The monoisotopic (exact) mass is 1850 g/mol. The zero-order valence-corrected chi connectivity index (χ0v) is 73.5. The lowest BCUT2D eigenvalue weighted by molar-refractivity contribution is -0.0817. The lowest BCUT2D eigenvalue weighted by Gasteiger charge is -2.36. The van der Waals surface area contributed by atoms with Crippen molar-refractivity contribution in [2.45, 2.75) is 227 Å². The van der Waals surface area contributed by atoms with Crippen LogP contribution in [0.3, 0.4) is 0 Å². The smallest absolute Gasteiger partial charge is 0.410 e. The highest BCUT2D eigenvalue weighted by molar-refractivity contribution is 9.11. The molecule has 36 heteroatoms. The van der Waals surface area contributed by atoms with Crippen molar-refractivity contribution in [1.82, 2.24) is 19.6 Å². The van der Waals surface area contributed by atoms with E-state index in [4.69, 9.17) is 54.6 Å². The Balaban J connectivity index is 0.000000258. The van der Waals surface area contributed by atoms with Gasteiger partial charge in [0, 0.05) is 44.1 Å². The molecule has 8 rings (SSSR count). The number of halogens is 4. The van der Waals surface area contributed by atoms with Crippen molar-refractivity contribution in [1.29, 1.82) is 0 Å². The standard InChI is InChI=1S/4C18H26BrNO6S/c4*1-5-15(26-27(22,23)14-8-6-13(19)7-9-14)16-12-20(10-11-24-16)17(21)25-18(2,3)4/h4*6-9,15-16H,5,10-12H2,1-4H3/t2*15-,16+;2*15-,16-/m1010/s1. The highest BCUT2D eigenvalue weighted by atomic mass is 79.9. The minimum atomic E-state index is -3.94.